The van der Waals surface area contributed by atoms with Gasteiger partial charge in [0, 0.05) is 24.3 Å². The van der Waals surface area contributed by atoms with Gasteiger partial charge in [-0.05, 0) is 42.3 Å². The molecule has 3 aromatic carbocycles. The Kier molecular flexibility index (Phi) is 7.28. The average molecular weight is 389 g/mol. The molecule has 0 fully saturated rings. The maximum Gasteiger partial charge on any atom is 0.255 e. The summed E-state index contributed by atoms with van der Waals surface area (Å²) in [5.74, 6) is 0.642. The van der Waals surface area contributed by atoms with Crippen LogP contribution in [-0.2, 0) is 6.54 Å². The molecule has 0 heterocycles. The Morgan fingerprint density at radius 1 is 0.966 bits per heavy atom. The third-order valence-corrected chi connectivity index (χ3v) is 4.81. The summed E-state index contributed by atoms with van der Waals surface area (Å²) >= 11 is 0. The molecule has 0 aromatic heterocycles. The van der Waals surface area contributed by atoms with Gasteiger partial charge in [0.05, 0.1) is 12.8 Å². The fraction of sp³-hybridized carbons (Fsp3) is 0.240. The van der Waals surface area contributed by atoms with Crippen LogP contribution >= 0.6 is 0 Å². The van der Waals surface area contributed by atoms with Gasteiger partial charge in [0.2, 0.25) is 0 Å². The van der Waals surface area contributed by atoms with E-state index in [0.717, 1.165) is 43.1 Å². The highest BCUT2D eigenvalue weighted by molar-refractivity contribution is 6.05. The van der Waals surface area contributed by atoms with E-state index in [-0.39, 0.29) is 5.91 Å². The molecule has 4 heteroatoms. The molecular formula is C25H28N2O2. The summed E-state index contributed by atoms with van der Waals surface area (Å²) in [6, 6.07) is 25.5. The average Bonchev–Trinajstić information content (AvgIpc) is 2.77. The van der Waals surface area contributed by atoms with Gasteiger partial charge in [-0.25, -0.2) is 0 Å². The second kappa shape index (κ2) is 10.3. The van der Waals surface area contributed by atoms with Crippen molar-refractivity contribution < 1.29 is 9.53 Å². The summed E-state index contributed by atoms with van der Waals surface area (Å²) in [6.45, 7) is 3.84. The Morgan fingerprint density at radius 3 is 2.31 bits per heavy atom. The Labute approximate surface area is 173 Å². The van der Waals surface area contributed by atoms with Gasteiger partial charge in [-0.15, -0.1) is 0 Å². The Hall–Kier alpha value is -3.27. The maximum absolute atomic E-state index is 12.8. The molecule has 0 bridgehead atoms. The van der Waals surface area contributed by atoms with Crippen LogP contribution in [0.5, 0.6) is 5.75 Å². The van der Waals surface area contributed by atoms with E-state index in [0.29, 0.717) is 5.56 Å². The number of methoxy groups -OCH3 is 1. The molecule has 1 N–H and O–H groups in total. The van der Waals surface area contributed by atoms with Gasteiger partial charge in [-0.1, -0.05) is 61.9 Å². The number of ether oxygens (including phenoxy) is 1. The number of hydrogen-bond donors (Lipinski definition) is 1. The second-order valence-corrected chi connectivity index (χ2v) is 6.97. The van der Waals surface area contributed by atoms with Crippen molar-refractivity contribution in [1.29, 1.82) is 0 Å². The predicted molar refractivity (Wildman–Crippen MR) is 120 cm³/mol. The van der Waals surface area contributed by atoms with Crippen molar-refractivity contribution in [2.75, 3.05) is 23.9 Å². The normalized spacial score (nSPS) is 10.4. The minimum Gasteiger partial charge on any atom is -0.495 e. The van der Waals surface area contributed by atoms with E-state index < -0.39 is 0 Å². The Balaban J connectivity index is 1.89. The lowest BCUT2D eigenvalue weighted by atomic mass is 10.1. The first-order chi connectivity index (χ1) is 14.2. The summed E-state index contributed by atoms with van der Waals surface area (Å²) < 4.78 is 5.62. The summed E-state index contributed by atoms with van der Waals surface area (Å²) in [6.07, 6.45) is 2.16. The fourth-order valence-electron chi connectivity index (χ4n) is 3.24. The smallest absolute Gasteiger partial charge is 0.255 e. The largest absolute Gasteiger partial charge is 0.495 e. The number of nitrogens with zero attached hydrogens (tertiary/aromatic N) is 1. The van der Waals surface area contributed by atoms with Crippen molar-refractivity contribution in [1.82, 2.24) is 0 Å². The lowest BCUT2D eigenvalue weighted by Crippen LogP contribution is -2.25. The molecule has 0 atom stereocenters. The highest BCUT2D eigenvalue weighted by Crippen LogP contribution is 2.31. The van der Waals surface area contributed by atoms with Gasteiger partial charge in [-0.2, -0.15) is 0 Å². The minimum absolute atomic E-state index is 0.129. The summed E-state index contributed by atoms with van der Waals surface area (Å²) in [5.41, 5.74) is 3.55. The van der Waals surface area contributed by atoms with Crippen molar-refractivity contribution in [2.24, 2.45) is 0 Å². The number of unbranched alkanes of at least 4 members (excludes halogenated alkanes) is 1. The number of para-hydroxylation sites is 1. The van der Waals surface area contributed by atoms with Gasteiger partial charge in [0.15, 0.2) is 0 Å². The van der Waals surface area contributed by atoms with Crippen LogP contribution in [0.1, 0.15) is 35.7 Å². The monoisotopic (exact) mass is 388 g/mol. The predicted octanol–water partition coefficient (Wildman–Crippen LogP) is 5.75. The van der Waals surface area contributed by atoms with Crippen molar-refractivity contribution in [3.8, 4) is 5.75 Å². The summed E-state index contributed by atoms with van der Waals surface area (Å²) in [5, 5.41) is 2.96. The molecule has 0 saturated heterocycles. The molecular weight excluding hydrogens is 360 g/mol. The zero-order chi connectivity index (χ0) is 20.5. The van der Waals surface area contributed by atoms with E-state index in [2.05, 4.69) is 29.3 Å². The van der Waals surface area contributed by atoms with E-state index in [1.807, 2.05) is 60.7 Å². The van der Waals surface area contributed by atoms with Crippen molar-refractivity contribution in [2.45, 2.75) is 26.3 Å². The number of benzene rings is 3. The quantitative estimate of drug-likeness (QED) is 0.507. The number of anilines is 2. The van der Waals surface area contributed by atoms with Gasteiger partial charge < -0.3 is 15.0 Å². The fourth-order valence-corrected chi connectivity index (χ4v) is 3.24. The number of hydrogen-bond acceptors (Lipinski definition) is 3. The molecule has 3 rings (SSSR count). The minimum atomic E-state index is -0.129. The molecule has 150 valence electrons. The molecule has 4 nitrogen and oxygen atoms in total. The summed E-state index contributed by atoms with van der Waals surface area (Å²) in [4.78, 5) is 15.1. The molecule has 0 aliphatic rings. The zero-order valence-corrected chi connectivity index (χ0v) is 17.1. The Bertz CT molecular complexity index is 911. The number of rotatable bonds is 9. The van der Waals surface area contributed by atoms with Crippen molar-refractivity contribution in [3.05, 3.63) is 90.0 Å². The number of carbonyl (C=O) groups is 1. The SMILES string of the molecule is CCCCN(Cc1ccccc1)c1cc(C(=O)Nc2ccccc2)ccc1OC. The van der Waals surface area contributed by atoms with Gasteiger partial charge in [0.1, 0.15) is 5.75 Å². The lowest BCUT2D eigenvalue weighted by Gasteiger charge is -2.27. The van der Waals surface area contributed by atoms with E-state index in [9.17, 15) is 4.79 Å². The zero-order valence-electron chi connectivity index (χ0n) is 17.1. The molecule has 0 aliphatic heterocycles. The van der Waals surface area contributed by atoms with Crippen molar-refractivity contribution in [3.63, 3.8) is 0 Å². The van der Waals surface area contributed by atoms with E-state index in [1.54, 1.807) is 13.2 Å². The van der Waals surface area contributed by atoms with Gasteiger partial charge in [0.25, 0.3) is 5.91 Å². The van der Waals surface area contributed by atoms with E-state index in [1.165, 1.54) is 5.56 Å². The van der Waals surface area contributed by atoms with Crippen LogP contribution < -0.4 is 15.0 Å². The Morgan fingerprint density at radius 2 is 1.66 bits per heavy atom. The van der Waals surface area contributed by atoms with Crippen LogP contribution in [0.4, 0.5) is 11.4 Å². The summed E-state index contributed by atoms with van der Waals surface area (Å²) in [7, 11) is 1.67. The second-order valence-electron chi connectivity index (χ2n) is 6.97. The van der Waals surface area contributed by atoms with E-state index in [4.69, 9.17) is 4.74 Å². The molecule has 3 aromatic rings. The van der Waals surface area contributed by atoms with Crippen LogP contribution in [0.2, 0.25) is 0 Å². The molecule has 0 unspecified atom stereocenters. The highest BCUT2D eigenvalue weighted by Gasteiger charge is 2.16. The first-order valence-corrected chi connectivity index (χ1v) is 10.0. The number of amides is 1. The highest BCUT2D eigenvalue weighted by atomic mass is 16.5. The molecule has 0 aliphatic carbocycles. The van der Waals surface area contributed by atoms with Crippen LogP contribution in [0.3, 0.4) is 0 Å². The number of nitrogens with one attached hydrogen (secondary N) is 1. The first kappa shape index (κ1) is 20.5. The third-order valence-electron chi connectivity index (χ3n) is 4.81. The van der Waals surface area contributed by atoms with E-state index >= 15 is 0 Å². The van der Waals surface area contributed by atoms with Crippen LogP contribution in [0.25, 0.3) is 0 Å². The van der Waals surface area contributed by atoms with Crippen LogP contribution in [0, 0.1) is 0 Å². The van der Waals surface area contributed by atoms with Crippen molar-refractivity contribution >= 4 is 17.3 Å². The van der Waals surface area contributed by atoms with Gasteiger partial charge >= 0.3 is 0 Å². The van der Waals surface area contributed by atoms with Crippen LogP contribution in [0.15, 0.2) is 78.9 Å². The topological polar surface area (TPSA) is 41.6 Å². The van der Waals surface area contributed by atoms with Crippen LogP contribution in [-0.4, -0.2) is 19.6 Å². The third kappa shape index (κ3) is 5.61. The molecule has 1 amide bonds. The van der Waals surface area contributed by atoms with Gasteiger partial charge in [-0.3, -0.25) is 4.79 Å². The molecule has 0 spiro atoms. The standard InChI is InChI=1S/C25H28N2O2/c1-3-4-17-27(19-20-11-7-5-8-12-20)23-18-21(15-16-24(23)29-2)25(28)26-22-13-9-6-10-14-22/h5-16,18H,3-4,17,19H2,1-2H3,(H,26,28). The number of carbonyl (C=O) groups excluding carboxylic acids is 1. The molecule has 29 heavy (non-hydrogen) atoms. The lowest BCUT2D eigenvalue weighted by molar-refractivity contribution is 0.102. The first-order valence-electron chi connectivity index (χ1n) is 10.0. The maximum atomic E-state index is 12.8. The molecule has 0 radical (unpaired) electrons. The molecule has 0 saturated carbocycles.